The molecule has 0 bridgehead atoms. The highest BCUT2D eigenvalue weighted by molar-refractivity contribution is 7.93. The van der Waals surface area contributed by atoms with Crippen LogP contribution in [-0.4, -0.2) is 18.9 Å². The minimum absolute atomic E-state index is 0.156. The number of ketones is 1. The first-order valence-corrected chi connectivity index (χ1v) is 11.9. The smallest absolute Gasteiger partial charge is 0.191 e. The van der Waals surface area contributed by atoms with Crippen LogP contribution >= 0.6 is 0 Å². The molecule has 1 atom stereocenters. The normalized spacial score (nSPS) is 20.1. The van der Waals surface area contributed by atoms with Crippen LogP contribution in [0.15, 0.2) is 77.7 Å². The summed E-state index contributed by atoms with van der Waals surface area (Å²) in [7, 11) is -3.79. The van der Waals surface area contributed by atoms with E-state index in [-0.39, 0.29) is 17.1 Å². The van der Waals surface area contributed by atoms with Crippen molar-refractivity contribution in [2.45, 2.75) is 48.7 Å². The summed E-state index contributed by atoms with van der Waals surface area (Å²) in [6.45, 7) is 1.92. The molecule has 1 aliphatic carbocycles. The van der Waals surface area contributed by atoms with Crippen LogP contribution in [0.5, 0.6) is 0 Å². The summed E-state index contributed by atoms with van der Waals surface area (Å²) in [5.41, 5.74) is 2.02. The first-order valence-electron chi connectivity index (χ1n) is 10.4. The second kappa shape index (κ2) is 8.19. The van der Waals surface area contributed by atoms with E-state index in [9.17, 15) is 13.2 Å². The molecule has 0 aliphatic heterocycles. The molecular formula is C26H26O3S. The maximum Gasteiger partial charge on any atom is 0.191 e. The summed E-state index contributed by atoms with van der Waals surface area (Å²) in [6.07, 6.45) is 6.24. The van der Waals surface area contributed by atoms with Gasteiger partial charge in [0, 0.05) is 6.42 Å². The van der Waals surface area contributed by atoms with Crippen molar-refractivity contribution in [1.82, 2.24) is 0 Å². The summed E-state index contributed by atoms with van der Waals surface area (Å²) in [6, 6.07) is 21.0. The molecule has 0 saturated heterocycles. The van der Waals surface area contributed by atoms with Gasteiger partial charge in [0.2, 0.25) is 0 Å². The Morgan fingerprint density at radius 1 is 0.933 bits per heavy atom. The Labute approximate surface area is 178 Å². The molecule has 0 radical (unpaired) electrons. The van der Waals surface area contributed by atoms with Crippen molar-refractivity contribution in [1.29, 1.82) is 0 Å². The summed E-state index contributed by atoms with van der Waals surface area (Å²) in [4.78, 5) is 13.3. The minimum Gasteiger partial charge on any atom is -0.298 e. The van der Waals surface area contributed by atoms with E-state index in [4.69, 9.17) is 0 Å². The van der Waals surface area contributed by atoms with Gasteiger partial charge in [-0.15, -0.1) is 0 Å². The number of sulfone groups is 1. The third-order valence-electron chi connectivity index (χ3n) is 6.16. The molecule has 154 valence electrons. The van der Waals surface area contributed by atoms with E-state index in [2.05, 4.69) is 18.2 Å². The van der Waals surface area contributed by atoms with Gasteiger partial charge in [-0.2, -0.15) is 0 Å². The van der Waals surface area contributed by atoms with Crippen LogP contribution in [0.4, 0.5) is 0 Å². The Bertz CT molecular complexity index is 1200. The molecular weight excluding hydrogens is 392 g/mol. The number of rotatable bonds is 5. The van der Waals surface area contributed by atoms with E-state index in [1.54, 1.807) is 24.3 Å². The fourth-order valence-corrected chi connectivity index (χ4v) is 6.46. The number of carbonyl (C=O) groups is 1. The van der Waals surface area contributed by atoms with Crippen molar-refractivity contribution in [3.8, 4) is 0 Å². The zero-order valence-electron chi connectivity index (χ0n) is 17.2. The van der Waals surface area contributed by atoms with Crippen LogP contribution in [0.1, 0.15) is 43.2 Å². The Hall–Kier alpha value is -2.72. The lowest BCUT2D eigenvalue weighted by molar-refractivity contribution is -0.123. The average molecular weight is 419 g/mol. The highest BCUT2D eigenvalue weighted by Gasteiger charge is 2.50. The standard InChI is InChI=1S/C26H26O3S/c1-20-14-16-23(17-15-20)30(28,29)26(18-5-4-13-25(26)27)19-7-11-22-10-6-9-21-8-2-3-12-24(21)22/h2-3,6-12,14-17H,4-5,13,18-19H2,1H3/b11-7+/t26-/m1/s1. The maximum absolute atomic E-state index is 13.6. The number of aryl methyl sites for hydroxylation is 1. The molecule has 3 nitrogen and oxygen atoms in total. The van der Waals surface area contributed by atoms with Crippen LogP contribution < -0.4 is 0 Å². The lowest BCUT2D eigenvalue weighted by Gasteiger charge is -2.34. The monoisotopic (exact) mass is 418 g/mol. The van der Waals surface area contributed by atoms with Crippen molar-refractivity contribution < 1.29 is 13.2 Å². The number of fused-ring (bicyclic) bond motifs is 1. The molecule has 0 N–H and O–H groups in total. The molecule has 0 heterocycles. The Balaban J connectivity index is 1.72. The summed E-state index contributed by atoms with van der Waals surface area (Å²) in [5, 5.41) is 2.25. The van der Waals surface area contributed by atoms with Gasteiger partial charge in [-0.05, 0) is 54.7 Å². The number of benzene rings is 3. The first-order chi connectivity index (χ1) is 14.4. The number of hydrogen-bond acceptors (Lipinski definition) is 3. The molecule has 30 heavy (non-hydrogen) atoms. The van der Waals surface area contributed by atoms with Gasteiger partial charge in [0.25, 0.3) is 0 Å². The van der Waals surface area contributed by atoms with Crippen LogP contribution in [0, 0.1) is 6.92 Å². The van der Waals surface area contributed by atoms with Crippen molar-refractivity contribution in [3.63, 3.8) is 0 Å². The molecule has 0 spiro atoms. The molecule has 4 rings (SSSR count). The predicted molar refractivity (Wildman–Crippen MR) is 122 cm³/mol. The van der Waals surface area contributed by atoms with E-state index >= 15 is 0 Å². The van der Waals surface area contributed by atoms with Crippen LogP contribution in [0.3, 0.4) is 0 Å². The molecule has 1 fully saturated rings. The summed E-state index contributed by atoms with van der Waals surface area (Å²) >= 11 is 0. The summed E-state index contributed by atoms with van der Waals surface area (Å²) in [5.74, 6) is -0.156. The topological polar surface area (TPSA) is 51.2 Å². The van der Waals surface area contributed by atoms with Crippen molar-refractivity contribution >= 4 is 32.5 Å². The quantitative estimate of drug-likeness (QED) is 0.518. The zero-order valence-corrected chi connectivity index (χ0v) is 18.0. The Morgan fingerprint density at radius 2 is 1.67 bits per heavy atom. The third kappa shape index (κ3) is 3.61. The lowest BCUT2D eigenvalue weighted by atomic mass is 9.84. The zero-order chi connectivity index (χ0) is 21.2. The number of allylic oxidation sites excluding steroid dienone is 1. The number of Topliss-reactive ketones (excluding diaryl/α,β-unsaturated/α-hetero) is 1. The molecule has 0 aromatic heterocycles. The van der Waals surface area contributed by atoms with Crippen molar-refractivity contribution in [2.75, 3.05) is 0 Å². The molecule has 0 unspecified atom stereocenters. The highest BCUT2D eigenvalue weighted by Crippen LogP contribution is 2.40. The third-order valence-corrected chi connectivity index (χ3v) is 8.68. The lowest BCUT2D eigenvalue weighted by Crippen LogP contribution is -2.48. The van der Waals surface area contributed by atoms with E-state index < -0.39 is 14.6 Å². The van der Waals surface area contributed by atoms with Crippen LogP contribution in [0.2, 0.25) is 0 Å². The van der Waals surface area contributed by atoms with Crippen molar-refractivity contribution in [3.05, 3.63) is 83.9 Å². The minimum atomic E-state index is -3.79. The average Bonchev–Trinajstić information content (AvgIpc) is 2.75. The van der Waals surface area contributed by atoms with Gasteiger partial charge >= 0.3 is 0 Å². The molecule has 3 aromatic rings. The van der Waals surface area contributed by atoms with E-state index in [1.807, 2.05) is 43.3 Å². The van der Waals surface area contributed by atoms with Gasteiger partial charge in [0.15, 0.2) is 15.6 Å². The second-order valence-corrected chi connectivity index (χ2v) is 10.4. The largest absolute Gasteiger partial charge is 0.298 e. The van der Waals surface area contributed by atoms with Gasteiger partial charge in [-0.1, -0.05) is 78.7 Å². The Morgan fingerprint density at radius 3 is 2.43 bits per heavy atom. The van der Waals surface area contributed by atoms with Crippen molar-refractivity contribution in [2.24, 2.45) is 0 Å². The number of carbonyl (C=O) groups excluding carboxylic acids is 1. The summed E-state index contributed by atoms with van der Waals surface area (Å²) < 4.78 is 25.9. The fourth-order valence-electron chi connectivity index (χ4n) is 4.39. The van der Waals surface area contributed by atoms with Gasteiger partial charge in [0.1, 0.15) is 4.75 Å². The number of hydrogen-bond donors (Lipinski definition) is 0. The van der Waals surface area contributed by atoms with E-state index in [1.165, 1.54) is 0 Å². The van der Waals surface area contributed by atoms with Gasteiger partial charge in [0.05, 0.1) is 4.90 Å². The molecule has 4 heteroatoms. The fraction of sp³-hybridized carbons (Fsp3) is 0.269. The Kier molecular flexibility index (Phi) is 5.61. The molecule has 3 aromatic carbocycles. The molecule has 1 aliphatic rings. The second-order valence-electron chi connectivity index (χ2n) is 8.12. The van der Waals surface area contributed by atoms with Crippen LogP contribution in [-0.2, 0) is 14.6 Å². The van der Waals surface area contributed by atoms with Gasteiger partial charge < -0.3 is 0 Å². The SMILES string of the molecule is Cc1ccc(S(=O)(=O)[C@@]2(C/C=C/c3cccc4ccccc34)CCCCC2=O)cc1. The highest BCUT2D eigenvalue weighted by atomic mass is 32.2. The first kappa shape index (κ1) is 20.5. The van der Waals surface area contributed by atoms with Crippen LogP contribution in [0.25, 0.3) is 16.8 Å². The predicted octanol–water partition coefficient (Wildman–Crippen LogP) is 5.91. The van der Waals surface area contributed by atoms with Gasteiger partial charge in [-0.25, -0.2) is 8.42 Å². The maximum atomic E-state index is 13.6. The molecule has 0 amide bonds. The van der Waals surface area contributed by atoms with E-state index in [0.29, 0.717) is 12.8 Å². The van der Waals surface area contributed by atoms with Gasteiger partial charge in [-0.3, -0.25) is 4.79 Å². The van der Waals surface area contributed by atoms with E-state index in [0.717, 1.165) is 34.7 Å². The molecule has 1 saturated carbocycles.